The SMILES string of the molecule is C=C\C=C/C1=C(C)/C(=C/C)C(=c2/c(/C=C\C=C)c(C=C)n3c(nc4ccccc43)/c2=C/C)/c2ccccc2/C=C1/C=C\C=C/C. The highest BCUT2D eigenvalue weighted by Gasteiger charge is 2.23. The molecule has 0 radical (unpaired) electrons. The zero-order chi connectivity index (χ0) is 31.9. The van der Waals surface area contributed by atoms with Gasteiger partial charge in [0.2, 0.25) is 0 Å². The second kappa shape index (κ2) is 13.9. The van der Waals surface area contributed by atoms with Crippen LogP contribution in [0.3, 0.4) is 0 Å². The summed E-state index contributed by atoms with van der Waals surface area (Å²) in [6.45, 7) is 20.7. The van der Waals surface area contributed by atoms with Crippen LogP contribution in [0.1, 0.15) is 50.1 Å². The molecule has 0 atom stereocenters. The first-order valence-corrected chi connectivity index (χ1v) is 15.4. The monoisotopic (exact) mass is 584 g/mol. The largest absolute Gasteiger partial charge is 0.292 e. The van der Waals surface area contributed by atoms with Gasteiger partial charge in [0.1, 0.15) is 5.65 Å². The van der Waals surface area contributed by atoms with Gasteiger partial charge in [-0.2, -0.15) is 0 Å². The van der Waals surface area contributed by atoms with Crippen LogP contribution in [0.2, 0.25) is 0 Å². The maximum Gasteiger partial charge on any atom is 0.146 e. The van der Waals surface area contributed by atoms with E-state index in [9.17, 15) is 0 Å². The van der Waals surface area contributed by atoms with Crippen molar-refractivity contribution in [2.75, 3.05) is 0 Å². The van der Waals surface area contributed by atoms with Crippen molar-refractivity contribution in [2.24, 2.45) is 0 Å². The minimum absolute atomic E-state index is 0.903. The van der Waals surface area contributed by atoms with Crippen molar-refractivity contribution in [2.45, 2.75) is 27.7 Å². The number of hydrogen-bond acceptors (Lipinski definition) is 1. The molecule has 5 rings (SSSR count). The molecule has 45 heavy (non-hydrogen) atoms. The maximum atomic E-state index is 5.19. The molecule has 0 aliphatic heterocycles. The first-order valence-electron chi connectivity index (χ1n) is 15.4. The summed E-state index contributed by atoms with van der Waals surface area (Å²) in [5.41, 5.74) is 13.0. The summed E-state index contributed by atoms with van der Waals surface area (Å²) in [7, 11) is 0. The minimum atomic E-state index is 0.903. The number of hydrogen-bond donors (Lipinski definition) is 0. The number of allylic oxidation sites excluding steroid dienone is 14. The number of rotatable bonds is 7. The van der Waals surface area contributed by atoms with Crippen molar-refractivity contribution in [3.05, 3.63) is 184 Å². The van der Waals surface area contributed by atoms with Gasteiger partial charge < -0.3 is 0 Å². The van der Waals surface area contributed by atoms with Crippen molar-refractivity contribution in [3.8, 4) is 0 Å². The topological polar surface area (TPSA) is 17.3 Å². The van der Waals surface area contributed by atoms with Crippen LogP contribution in [0, 0.1) is 0 Å². The molecule has 1 aliphatic carbocycles. The molecule has 0 bridgehead atoms. The lowest BCUT2D eigenvalue weighted by Gasteiger charge is -2.24. The Morgan fingerprint density at radius 2 is 1.51 bits per heavy atom. The Kier molecular flexibility index (Phi) is 9.55. The number of aromatic nitrogens is 2. The normalized spacial score (nSPS) is 19.6. The third kappa shape index (κ3) is 5.63. The van der Waals surface area contributed by atoms with E-state index in [1.165, 1.54) is 5.57 Å². The number of pyridine rings is 1. The summed E-state index contributed by atoms with van der Waals surface area (Å²) in [5.74, 6) is 0. The lowest BCUT2D eigenvalue weighted by molar-refractivity contribution is 1.16. The Morgan fingerprint density at radius 1 is 0.778 bits per heavy atom. The van der Waals surface area contributed by atoms with Crippen molar-refractivity contribution >= 4 is 46.6 Å². The van der Waals surface area contributed by atoms with Gasteiger partial charge >= 0.3 is 0 Å². The molecule has 0 spiro atoms. The van der Waals surface area contributed by atoms with E-state index in [-0.39, 0.29) is 0 Å². The summed E-state index contributed by atoms with van der Waals surface area (Å²) in [6, 6.07) is 17.0. The number of fused-ring (bicyclic) bond motifs is 4. The molecule has 0 fully saturated rings. The molecule has 222 valence electrons. The molecule has 2 aromatic heterocycles. The van der Waals surface area contributed by atoms with Gasteiger partial charge in [-0.05, 0) is 91.0 Å². The fraction of sp³-hybridized carbons (Fsp3) is 0.0930. The number of nitrogens with zero attached hydrogens (tertiary/aromatic N) is 2. The quantitative estimate of drug-likeness (QED) is 0.198. The molecule has 2 heteroatoms. The van der Waals surface area contributed by atoms with Gasteiger partial charge in [-0.1, -0.05) is 129 Å². The Labute approximate surface area is 267 Å². The van der Waals surface area contributed by atoms with E-state index < -0.39 is 0 Å². The molecule has 2 aromatic carbocycles. The Morgan fingerprint density at radius 3 is 2.22 bits per heavy atom. The van der Waals surface area contributed by atoms with Crippen molar-refractivity contribution in [3.63, 3.8) is 0 Å². The van der Waals surface area contributed by atoms with E-state index in [0.29, 0.717) is 0 Å². The van der Waals surface area contributed by atoms with Crippen LogP contribution < -0.4 is 10.4 Å². The Hall–Kier alpha value is -5.47. The molecular formula is C43H40N2. The molecule has 1 aliphatic rings. The van der Waals surface area contributed by atoms with Crippen LogP contribution in [0.15, 0.2) is 151 Å². The highest BCUT2D eigenvalue weighted by molar-refractivity contribution is 5.93. The van der Waals surface area contributed by atoms with E-state index in [4.69, 9.17) is 4.98 Å². The number of benzene rings is 2. The molecule has 0 saturated heterocycles. The first kappa shape index (κ1) is 31.0. The Bertz CT molecular complexity index is 2180. The molecule has 2 heterocycles. The average Bonchev–Trinajstić information content (AvgIpc) is 3.44. The average molecular weight is 585 g/mol. The predicted octanol–water partition coefficient (Wildman–Crippen LogP) is 9.86. The van der Waals surface area contributed by atoms with Crippen LogP contribution in [-0.4, -0.2) is 9.38 Å². The van der Waals surface area contributed by atoms with Gasteiger partial charge in [0.05, 0.1) is 16.7 Å². The van der Waals surface area contributed by atoms with Gasteiger partial charge in [-0.15, -0.1) is 0 Å². The lowest BCUT2D eigenvalue weighted by atomic mass is 9.80. The lowest BCUT2D eigenvalue weighted by Crippen LogP contribution is -2.35. The van der Waals surface area contributed by atoms with E-state index in [1.807, 2.05) is 49.4 Å². The third-order valence-electron chi connectivity index (χ3n) is 8.18. The minimum Gasteiger partial charge on any atom is -0.292 e. The number of para-hydroxylation sites is 2. The first-order chi connectivity index (χ1) is 22.0. The van der Waals surface area contributed by atoms with Gasteiger partial charge in [0.25, 0.3) is 0 Å². The zero-order valence-electron chi connectivity index (χ0n) is 26.7. The van der Waals surface area contributed by atoms with Crippen LogP contribution in [0.5, 0.6) is 0 Å². The molecular weight excluding hydrogens is 544 g/mol. The van der Waals surface area contributed by atoms with Gasteiger partial charge in [-0.3, -0.25) is 4.40 Å². The molecule has 0 unspecified atom stereocenters. The third-order valence-corrected chi connectivity index (χ3v) is 8.18. The van der Waals surface area contributed by atoms with Crippen molar-refractivity contribution in [1.29, 1.82) is 0 Å². The van der Waals surface area contributed by atoms with Crippen molar-refractivity contribution < 1.29 is 0 Å². The van der Waals surface area contributed by atoms with E-state index in [2.05, 4.69) is 136 Å². The molecule has 0 saturated carbocycles. The summed E-state index contributed by atoms with van der Waals surface area (Å²) in [6.07, 6.45) is 29.0. The van der Waals surface area contributed by atoms with E-state index >= 15 is 0 Å². The highest BCUT2D eigenvalue weighted by atomic mass is 15.0. The van der Waals surface area contributed by atoms with Crippen LogP contribution in [0.25, 0.3) is 46.6 Å². The standard InChI is InChI=1S/C43H40N2/c1-8-14-17-22-31-29-32-23-18-19-26-36(32)41(33(11-4)30(7)35(31)24-15-9-2)42-34(12-5)43-44-38-27-20-21-28-40(38)45(43)39(13-6)37(42)25-16-10-3/h8-29H,2-3,6H2,1,4-5,7H3/b14-8-,22-17-,24-15-,25-16-,31-29-,33-11-,34-12+,35-30-,42-41-. The molecule has 2 nitrogen and oxygen atoms in total. The fourth-order valence-electron chi connectivity index (χ4n) is 6.25. The van der Waals surface area contributed by atoms with Crippen LogP contribution >= 0.6 is 0 Å². The second-order valence-corrected chi connectivity index (χ2v) is 10.7. The highest BCUT2D eigenvalue weighted by Crippen LogP contribution is 2.37. The summed E-state index contributed by atoms with van der Waals surface area (Å²) >= 11 is 0. The van der Waals surface area contributed by atoms with Gasteiger partial charge in [0.15, 0.2) is 0 Å². The van der Waals surface area contributed by atoms with E-state index in [0.717, 1.165) is 71.8 Å². The van der Waals surface area contributed by atoms with Crippen LogP contribution in [-0.2, 0) is 0 Å². The van der Waals surface area contributed by atoms with Crippen molar-refractivity contribution in [1.82, 2.24) is 9.38 Å². The number of imidazole rings is 1. The van der Waals surface area contributed by atoms with E-state index in [1.54, 1.807) is 0 Å². The molecule has 0 amide bonds. The smallest absolute Gasteiger partial charge is 0.146 e. The van der Waals surface area contributed by atoms with Crippen LogP contribution in [0.4, 0.5) is 0 Å². The van der Waals surface area contributed by atoms with Gasteiger partial charge in [-0.25, -0.2) is 4.98 Å². The molecule has 4 aromatic rings. The second-order valence-electron chi connectivity index (χ2n) is 10.7. The molecule has 0 N–H and O–H groups in total. The summed E-state index contributed by atoms with van der Waals surface area (Å²) in [5, 5.41) is 2.18. The van der Waals surface area contributed by atoms with Gasteiger partial charge in [0, 0.05) is 16.0 Å². The zero-order valence-corrected chi connectivity index (χ0v) is 26.7. The maximum absolute atomic E-state index is 5.19. The predicted molar refractivity (Wildman–Crippen MR) is 198 cm³/mol. The fourth-order valence-corrected chi connectivity index (χ4v) is 6.25. The summed E-state index contributed by atoms with van der Waals surface area (Å²) in [4.78, 5) is 5.19. The summed E-state index contributed by atoms with van der Waals surface area (Å²) < 4.78 is 2.24. The Balaban J connectivity index is 2.15.